The summed E-state index contributed by atoms with van der Waals surface area (Å²) in [4.78, 5) is 19.4. The number of amides is 1. The molecule has 3 heterocycles. The maximum absolute atomic E-state index is 12.7. The summed E-state index contributed by atoms with van der Waals surface area (Å²) >= 11 is 0. The Morgan fingerprint density at radius 3 is 2.73 bits per heavy atom. The van der Waals surface area contributed by atoms with Crippen molar-refractivity contribution in [1.29, 1.82) is 0 Å². The van der Waals surface area contributed by atoms with Crippen LogP contribution in [0.25, 0.3) is 16.9 Å². The monoisotopic (exact) mass is 411 g/mol. The van der Waals surface area contributed by atoms with Crippen LogP contribution in [0, 0.1) is 0 Å². The van der Waals surface area contributed by atoms with E-state index in [4.69, 9.17) is 14.2 Å². The van der Waals surface area contributed by atoms with Gasteiger partial charge in [0, 0.05) is 37.9 Å². The lowest BCUT2D eigenvalue weighted by molar-refractivity contribution is 0.0383. The highest BCUT2D eigenvalue weighted by atomic mass is 16.5. The third kappa shape index (κ3) is 4.07. The molecule has 4 rings (SSSR count). The Bertz CT molecular complexity index is 1030. The van der Waals surface area contributed by atoms with Crippen LogP contribution in [-0.4, -0.2) is 79.0 Å². The van der Waals surface area contributed by atoms with Gasteiger partial charge in [-0.2, -0.15) is 5.10 Å². The summed E-state index contributed by atoms with van der Waals surface area (Å²) in [6, 6.07) is 7.47. The molecule has 1 aliphatic rings. The first-order valence-corrected chi connectivity index (χ1v) is 9.84. The summed E-state index contributed by atoms with van der Waals surface area (Å²) in [7, 11) is 3.19. The molecule has 158 valence electrons. The van der Waals surface area contributed by atoms with Crippen LogP contribution in [0.3, 0.4) is 0 Å². The van der Waals surface area contributed by atoms with Crippen LogP contribution < -0.4 is 14.8 Å². The molecule has 0 unspecified atom stereocenters. The molecule has 30 heavy (non-hydrogen) atoms. The predicted molar refractivity (Wildman–Crippen MR) is 111 cm³/mol. The van der Waals surface area contributed by atoms with Gasteiger partial charge in [-0.05, 0) is 24.3 Å². The average Bonchev–Trinajstić information content (AvgIpc) is 3.23. The van der Waals surface area contributed by atoms with Crippen LogP contribution in [0.4, 0.5) is 0 Å². The Kier molecular flexibility index (Phi) is 6.10. The topological polar surface area (TPSA) is 90.2 Å². The molecule has 9 nitrogen and oxygen atoms in total. The number of nitrogens with one attached hydrogen (secondary N) is 1. The maximum Gasteiger partial charge on any atom is 0.256 e. The van der Waals surface area contributed by atoms with Gasteiger partial charge < -0.3 is 19.5 Å². The molecule has 1 N–H and O–H groups in total. The first-order valence-electron chi connectivity index (χ1n) is 9.84. The second kappa shape index (κ2) is 9.10. The molecule has 9 heteroatoms. The molecule has 0 radical (unpaired) electrons. The lowest BCUT2D eigenvalue weighted by atomic mass is 10.1. The number of benzene rings is 1. The molecule has 0 saturated carbocycles. The third-order valence-electron chi connectivity index (χ3n) is 5.14. The number of fused-ring (bicyclic) bond motifs is 1. The van der Waals surface area contributed by atoms with Crippen molar-refractivity contribution >= 4 is 11.6 Å². The molecule has 1 aromatic carbocycles. The van der Waals surface area contributed by atoms with Gasteiger partial charge in [0.25, 0.3) is 5.91 Å². The van der Waals surface area contributed by atoms with Gasteiger partial charge in [0.15, 0.2) is 17.1 Å². The van der Waals surface area contributed by atoms with E-state index >= 15 is 0 Å². The summed E-state index contributed by atoms with van der Waals surface area (Å²) in [6.45, 7) is 4.62. The smallest absolute Gasteiger partial charge is 0.256 e. The van der Waals surface area contributed by atoms with E-state index in [1.54, 1.807) is 31.1 Å². The van der Waals surface area contributed by atoms with Gasteiger partial charge in [-0.1, -0.05) is 0 Å². The fourth-order valence-corrected chi connectivity index (χ4v) is 3.51. The highest BCUT2D eigenvalue weighted by Crippen LogP contribution is 2.32. The average molecular weight is 411 g/mol. The molecule has 0 bridgehead atoms. The summed E-state index contributed by atoms with van der Waals surface area (Å²) in [6.07, 6.45) is 3.23. The van der Waals surface area contributed by atoms with Gasteiger partial charge in [-0.15, -0.1) is 0 Å². The first kappa shape index (κ1) is 20.1. The van der Waals surface area contributed by atoms with Crippen LogP contribution in [0.1, 0.15) is 10.4 Å². The van der Waals surface area contributed by atoms with Crippen LogP contribution >= 0.6 is 0 Å². The summed E-state index contributed by atoms with van der Waals surface area (Å²) in [5, 5.41) is 7.37. The highest BCUT2D eigenvalue weighted by Gasteiger charge is 2.17. The number of morpholine rings is 1. The largest absolute Gasteiger partial charge is 0.493 e. The van der Waals surface area contributed by atoms with Crippen molar-refractivity contribution in [1.82, 2.24) is 24.8 Å². The van der Waals surface area contributed by atoms with E-state index in [1.807, 2.05) is 24.3 Å². The van der Waals surface area contributed by atoms with Crippen molar-refractivity contribution < 1.29 is 19.0 Å². The molecule has 0 spiro atoms. The second-order valence-electron chi connectivity index (χ2n) is 6.90. The van der Waals surface area contributed by atoms with Gasteiger partial charge in [0.05, 0.1) is 39.3 Å². The summed E-state index contributed by atoms with van der Waals surface area (Å²) in [5.41, 5.74) is 2.63. The van der Waals surface area contributed by atoms with Gasteiger partial charge >= 0.3 is 0 Å². The van der Waals surface area contributed by atoms with E-state index in [9.17, 15) is 4.79 Å². The Morgan fingerprint density at radius 2 is 1.97 bits per heavy atom. The lowest BCUT2D eigenvalue weighted by Crippen LogP contribution is -2.41. The number of hydrogen-bond acceptors (Lipinski definition) is 7. The first-order chi connectivity index (χ1) is 14.7. The minimum atomic E-state index is -0.185. The molecule has 1 fully saturated rings. The fraction of sp³-hybridized carbons (Fsp3) is 0.381. The molecular weight excluding hydrogens is 386 g/mol. The van der Waals surface area contributed by atoms with Crippen molar-refractivity contribution in [2.45, 2.75) is 0 Å². The third-order valence-corrected chi connectivity index (χ3v) is 5.14. The molecule has 1 amide bonds. The number of hydrogen-bond donors (Lipinski definition) is 1. The Balaban J connectivity index is 1.53. The minimum absolute atomic E-state index is 0.185. The van der Waals surface area contributed by atoms with Gasteiger partial charge in [-0.25, -0.2) is 9.50 Å². The zero-order valence-corrected chi connectivity index (χ0v) is 17.1. The lowest BCUT2D eigenvalue weighted by Gasteiger charge is -2.26. The van der Waals surface area contributed by atoms with Crippen molar-refractivity contribution in [2.24, 2.45) is 0 Å². The maximum atomic E-state index is 12.7. The van der Waals surface area contributed by atoms with Crippen molar-refractivity contribution in [2.75, 3.05) is 53.6 Å². The van der Waals surface area contributed by atoms with Crippen molar-refractivity contribution in [3.05, 3.63) is 42.2 Å². The molecule has 0 atom stereocenters. The Morgan fingerprint density at radius 1 is 1.17 bits per heavy atom. The number of carbonyl (C=O) groups is 1. The van der Waals surface area contributed by atoms with E-state index in [0.29, 0.717) is 29.3 Å². The molecule has 0 aliphatic carbocycles. The fourth-order valence-electron chi connectivity index (χ4n) is 3.51. The van der Waals surface area contributed by atoms with Crippen LogP contribution in [-0.2, 0) is 4.74 Å². The molecule has 1 aliphatic heterocycles. The van der Waals surface area contributed by atoms with Crippen molar-refractivity contribution in [3.8, 4) is 22.8 Å². The summed E-state index contributed by atoms with van der Waals surface area (Å²) in [5.74, 6) is 1.08. The van der Waals surface area contributed by atoms with E-state index in [-0.39, 0.29) is 5.91 Å². The number of rotatable bonds is 7. The van der Waals surface area contributed by atoms with Crippen LogP contribution in [0.2, 0.25) is 0 Å². The number of methoxy groups -OCH3 is 2. The normalized spacial score (nSPS) is 14.6. The van der Waals surface area contributed by atoms with E-state index < -0.39 is 0 Å². The zero-order valence-electron chi connectivity index (χ0n) is 17.1. The Hall–Kier alpha value is -3.17. The van der Waals surface area contributed by atoms with E-state index in [1.165, 1.54) is 0 Å². The molecule has 2 aromatic heterocycles. The van der Waals surface area contributed by atoms with E-state index in [2.05, 4.69) is 20.3 Å². The molecule has 3 aromatic rings. The molecular formula is C21H25N5O4. The number of aromatic nitrogens is 3. The quantitative estimate of drug-likeness (QED) is 0.630. The molecule has 1 saturated heterocycles. The van der Waals surface area contributed by atoms with Crippen LogP contribution in [0.5, 0.6) is 11.5 Å². The standard InChI is InChI=1S/C21H25N5O4/c1-28-18-4-3-15(13-19(18)29-2)17-5-6-22-20-16(14-24-26(17)20)21(27)23-7-8-25-9-11-30-12-10-25/h3-6,13-14H,7-12H2,1-2H3,(H,23,27). The highest BCUT2D eigenvalue weighted by molar-refractivity contribution is 5.99. The van der Waals surface area contributed by atoms with Gasteiger partial charge in [0.2, 0.25) is 0 Å². The second-order valence-corrected chi connectivity index (χ2v) is 6.90. The number of ether oxygens (including phenoxy) is 3. The summed E-state index contributed by atoms with van der Waals surface area (Å²) < 4.78 is 17.7. The van der Waals surface area contributed by atoms with E-state index in [0.717, 1.165) is 44.1 Å². The predicted octanol–water partition coefficient (Wildman–Crippen LogP) is 1.48. The van der Waals surface area contributed by atoms with Gasteiger partial charge in [-0.3, -0.25) is 9.69 Å². The minimum Gasteiger partial charge on any atom is -0.493 e. The van der Waals surface area contributed by atoms with Gasteiger partial charge in [0.1, 0.15) is 5.56 Å². The number of nitrogens with zero attached hydrogens (tertiary/aromatic N) is 4. The number of carbonyl (C=O) groups excluding carboxylic acids is 1. The Labute approximate surface area is 174 Å². The van der Waals surface area contributed by atoms with Crippen LogP contribution in [0.15, 0.2) is 36.7 Å². The van der Waals surface area contributed by atoms with Crippen molar-refractivity contribution in [3.63, 3.8) is 0 Å². The SMILES string of the molecule is COc1ccc(-c2ccnc3c(C(=O)NCCN4CCOCC4)cnn23)cc1OC. The zero-order chi connectivity index (χ0) is 20.9.